The van der Waals surface area contributed by atoms with Crippen molar-refractivity contribution in [3.63, 3.8) is 0 Å². The van der Waals surface area contributed by atoms with Crippen molar-refractivity contribution in [2.75, 3.05) is 11.5 Å². The maximum absolute atomic E-state index is 12.9. The first-order chi connectivity index (χ1) is 14.3. The third-order valence-corrected chi connectivity index (χ3v) is 7.27. The minimum absolute atomic E-state index is 0.0506. The average molecular weight is 424 g/mol. The van der Waals surface area contributed by atoms with Crippen LogP contribution in [0.1, 0.15) is 47.0 Å². The first-order valence-electron chi connectivity index (χ1n) is 10.1. The van der Waals surface area contributed by atoms with E-state index in [0.29, 0.717) is 6.42 Å². The van der Waals surface area contributed by atoms with Crippen molar-refractivity contribution in [2.24, 2.45) is 0 Å². The summed E-state index contributed by atoms with van der Waals surface area (Å²) in [7, 11) is -3.08. The topological polar surface area (TPSA) is 81.1 Å². The molecule has 3 aromatic rings. The van der Waals surface area contributed by atoms with E-state index in [1.165, 1.54) is 0 Å². The molecule has 7 heteroatoms. The molecule has 2 aromatic carbocycles. The standard InChI is InChI=1S/C23H25N3O3S/c1-16-8-10-19(11-9-16)22-14-21(25-26(22)20-12-13-30(28,29)15-20)23(27)24-17(2)18-6-4-3-5-7-18/h3-11,14,17,20H,12-13,15H2,1-2H3,(H,24,27)/t17-,20-/m1/s1. The predicted octanol–water partition coefficient (Wildman–Crippen LogP) is 3.71. The van der Waals surface area contributed by atoms with Gasteiger partial charge in [0.1, 0.15) is 0 Å². The van der Waals surface area contributed by atoms with E-state index in [4.69, 9.17) is 0 Å². The molecule has 0 bridgehead atoms. The zero-order chi connectivity index (χ0) is 21.3. The van der Waals surface area contributed by atoms with Gasteiger partial charge < -0.3 is 5.32 Å². The second kappa shape index (κ2) is 8.07. The second-order valence-corrected chi connectivity index (χ2v) is 10.1. The molecule has 1 aromatic heterocycles. The van der Waals surface area contributed by atoms with Crippen LogP contribution in [0, 0.1) is 6.92 Å². The van der Waals surface area contributed by atoms with Crippen molar-refractivity contribution < 1.29 is 13.2 Å². The fourth-order valence-electron chi connectivity index (χ4n) is 3.79. The zero-order valence-electron chi connectivity index (χ0n) is 17.1. The van der Waals surface area contributed by atoms with E-state index in [1.54, 1.807) is 10.7 Å². The molecule has 156 valence electrons. The van der Waals surface area contributed by atoms with Gasteiger partial charge in [-0.25, -0.2) is 8.42 Å². The molecule has 2 atom stereocenters. The highest BCUT2D eigenvalue weighted by Gasteiger charge is 2.32. The summed E-state index contributed by atoms with van der Waals surface area (Å²) in [6.07, 6.45) is 0.504. The summed E-state index contributed by atoms with van der Waals surface area (Å²) in [5.41, 5.74) is 4.09. The number of carbonyl (C=O) groups excluding carboxylic acids is 1. The molecule has 1 N–H and O–H groups in total. The third kappa shape index (κ3) is 4.31. The first kappa shape index (κ1) is 20.3. The van der Waals surface area contributed by atoms with Gasteiger partial charge in [0.15, 0.2) is 15.5 Å². The lowest BCUT2D eigenvalue weighted by atomic mass is 10.1. The number of nitrogens with zero attached hydrogens (tertiary/aromatic N) is 2. The summed E-state index contributed by atoms with van der Waals surface area (Å²) in [4.78, 5) is 12.9. The van der Waals surface area contributed by atoms with E-state index >= 15 is 0 Å². The van der Waals surface area contributed by atoms with Crippen LogP contribution in [0.5, 0.6) is 0 Å². The molecule has 1 aliphatic rings. The quantitative estimate of drug-likeness (QED) is 0.678. The Balaban J connectivity index is 1.66. The van der Waals surface area contributed by atoms with Gasteiger partial charge in [-0.3, -0.25) is 9.48 Å². The summed E-state index contributed by atoms with van der Waals surface area (Å²) in [6.45, 7) is 3.93. The SMILES string of the molecule is Cc1ccc(-c2cc(C(=O)N[C@H](C)c3ccccc3)nn2[C@@H]2CCS(=O)(=O)C2)cc1. The van der Waals surface area contributed by atoms with Crippen molar-refractivity contribution >= 4 is 15.7 Å². The molecule has 0 saturated carbocycles. The lowest BCUT2D eigenvalue weighted by molar-refractivity contribution is 0.0933. The molecule has 1 amide bonds. The van der Waals surface area contributed by atoms with Crippen molar-refractivity contribution in [3.8, 4) is 11.3 Å². The van der Waals surface area contributed by atoms with E-state index < -0.39 is 9.84 Å². The highest BCUT2D eigenvalue weighted by molar-refractivity contribution is 7.91. The fourth-order valence-corrected chi connectivity index (χ4v) is 5.48. The van der Waals surface area contributed by atoms with Crippen LogP contribution in [0.4, 0.5) is 0 Å². The fraction of sp³-hybridized carbons (Fsp3) is 0.304. The monoisotopic (exact) mass is 423 g/mol. The number of amides is 1. The summed E-state index contributed by atoms with van der Waals surface area (Å²) < 4.78 is 25.8. The molecule has 0 spiro atoms. The molecule has 1 fully saturated rings. The maximum Gasteiger partial charge on any atom is 0.272 e. The van der Waals surface area contributed by atoms with Crippen LogP contribution >= 0.6 is 0 Å². The third-order valence-electron chi connectivity index (χ3n) is 5.52. The van der Waals surface area contributed by atoms with Crippen molar-refractivity contribution in [1.82, 2.24) is 15.1 Å². The smallest absolute Gasteiger partial charge is 0.272 e. The number of rotatable bonds is 5. The van der Waals surface area contributed by atoms with Crippen LogP contribution in [0.3, 0.4) is 0 Å². The van der Waals surface area contributed by atoms with Gasteiger partial charge in [0, 0.05) is 0 Å². The molecular weight excluding hydrogens is 398 g/mol. The normalized spacial score (nSPS) is 18.8. The minimum atomic E-state index is -3.08. The molecule has 6 nitrogen and oxygen atoms in total. The Morgan fingerprint density at radius 2 is 1.83 bits per heavy atom. The summed E-state index contributed by atoms with van der Waals surface area (Å²) in [5.74, 6) is -0.0776. The van der Waals surface area contributed by atoms with Gasteiger partial charge in [0.05, 0.1) is 29.3 Å². The lowest BCUT2D eigenvalue weighted by Gasteiger charge is -2.14. The average Bonchev–Trinajstić information content (AvgIpc) is 3.32. The number of nitrogens with one attached hydrogen (secondary N) is 1. The van der Waals surface area contributed by atoms with Crippen molar-refractivity contribution in [2.45, 2.75) is 32.4 Å². The predicted molar refractivity (Wildman–Crippen MR) is 117 cm³/mol. The van der Waals surface area contributed by atoms with Gasteiger partial charge in [-0.2, -0.15) is 5.10 Å². The van der Waals surface area contributed by atoms with Crippen LogP contribution in [-0.2, 0) is 9.84 Å². The summed E-state index contributed by atoms with van der Waals surface area (Å²) >= 11 is 0. The Morgan fingerprint density at radius 1 is 1.13 bits per heavy atom. The molecule has 30 heavy (non-hydrogen) atoms. The number of aromatic nitrogens is 2. The molecule has 1 saturated heterocycles. The number of sulfone groups is 1. The number of carbonyl (C=O) groups is 1. The van der Waals surface area contributed by atoms with Crippen LogP contribution < -0.4 is 5.32 Å². The number of benzene rings is 2. The van der Waals surface area contributed by atoms with Gasteiger partial charge >= 0.3 is 0 Å². The molecule has 0 aliphatic carbocycles. The number of aryl methyl sites for hydroxylation is 1. The molecule has 0 unspecified atom stereocenters. The first-order valence-corrected chi connectivity index (χ1v) is 11.9. The Bertz CT molecular complexity index is 1150. The van der Waals surface area contributed by atoms with Gasteiger partial charge in [0.25, 0.3) is 5.91 Å². The van der Waals surface area contributed by atoms with E-state index in [-0.39, 0.29) is 35.2 Å². The lowest BCUT2D eigenvalue weighted by Crippen LogP contribution is -2.27. The molecular formula is C23H25N3O3S. The van der Waals surface area contributed by atoms with E-state index in [0.717, 1.165) is 22.4 Å². The highest BCUT2D eigenvalue weighted by atomic mass is 32.2. The van der Waals surface area contributed by atoms with Gasteiger partial charge in [-0.15, -0.1) is 0 Å². The molecule has 4 rings (SSSR count). The summed E-state index contributed by atoms with van der Waals surface area (Å²) in [5, 5.41) is 7.53. The number of hydrogen-bond donors (Lipinski definition) is 1. The molecule has 0 radical (unpaired) electrons. The van der Waals surface area contributed by atoms with Crippen LogP contribution in [0.2, 0.25) is 0 Å². The second-order valence-electron chi connectivity index (χ2n) is 7.89. The Labute approximate surface area is 176 Å². The molecule has 2 heterocycles. The Hall–Kier alpha value is -2.93. The van der Waals surface area contributed by atoms with E-state index in [2.05, 4.69) is 10.4 Å². The van der Waals surface area contributed by atoms with Gasteiger partial charge in [-0.05, 0) is 37.5 Å². The van der Waals surface area contributed by atoms with Crippen LogP contribution in [-0.4, -0.2) is 35.6 Å². The number of hydrogen-bond acceptors (Lipinski definition) is 4. The van der Waals surface area contributed by atoms with Gasteiger partial charge in [0.2, 0.25) is 0 Å². The van der Waals surface area contributed by atoms with E-state index in [9.17, 15) is 13.2 Å². The minimum Gasteiger partial charge on any atom is -0.344 e. The highest BCUT2D eigenvalue weighted by Crippen LogP contribution is 2.30. The Morgan fingerprint density at radius 3 is 2.47 bits per heavy atom. The van der Waals surface area contributed by atoms with Crippen molar-refractivity contribution in [1.29, 1.82) is 0 Å². The van der Waals surface area contributed by atoms with Gasteiger partial charge in [-0.1, -0.05) is 60.2 Å². The van der Waals surface area contributed by atoms with E-state index in [1.807, 2.05) is 68.4 Å². The summed E-state index contributed by atoms with van der Waals surface area (Å²) in [6, 6.07) is 19.0. The Kier molecular flexibility index (Phi) is 5.47. The van der Waals surface area contributed by atoms with Crippen LogP contribution in [0.25, 0.3) is 11.3 Å². The maximum atomic E-state index is 12.9. The largest absolute Gasteiger partial charge is 0.344 e. The molecule has 1 aliphatic heterocycles. The van der Waals surface area contributed by atoms with Crippen LogP contribution in [0.15, 0.2) is 60.7 Å². The van der Waals surface area contributed by atoms with Crippen molar-refractivity contribution in [3.05, 3.63) is 77.5 Å². The zero-order valence-corrected chi connectivity index (χ0v) is 17.9.